The molecule has 0 spiro atoms. The van der Waals surface area contributed by atoms with E-state index in [-0.39, 0.29) is 33.6 Å². The number of fused-ring (bicyclic) bond motifs is 2. The lowest BCUT2D eigenvalue weighted by Gasteiger charge is -2.47. The van der Waals surface area contributed by atoms with Crippen molar-refractivity contribution in [3.8, 4) is 0 Å². The molecule has 0 aromatic carbocycles. The fraction of sp³-hybridized carbons (Fsp3) is 0.312. The number of nitrogens with two attached hydrogens (primary N) is 2. The van der Waals surface area contributed by atoms with Gasteiger partial charge in [0.1, 0.15) is 22.0 Å². The van der Waals surface area contributed by atoms with Crippen LogP contribution in [-0.2, 0) is 15.7 Å². The largest absolute Gasteiger partial charge is 0.512 e. The summed E-state index contributed by atoms with van der Waals surface area (Å²) < 4.78 is 45.8. The Morgan fingerprint density at radius 2 is 2.12 bits per heavy atom. The number of thioether (sulfide) groups is 2. The highest BCUT2D eigenvalue weighted by Gasteiger charge is 2.51. The monoisotopic (exact) mass is 490 g/mol. The van der Waals surface area contributed by atoms with E-state index in [0.29, 0.717) is 10.1 Å². The number of carboxylic acid groups (broad SMARTS) is 1. The maximum Gasteiger partial charge on any atom is 0.512 e. The van der Waals surface area contributed by atoms with Gasteiger partial charge in [0.05, 0.1) is 6.20 Å². The van der Waals surface area contributed by atoms with Crippen LogP contribution in [0.4, 0.5) is 18.0 Å². The van der Waals surface area contributed by atoms with Crippen molar-refractivity contribution in [2.45, 2.75) is 22.6 Å². The summed E-state index contributed by atoms with van der Waals surface area (Å²) in [4.78, 5) is 39.9. The molecule has 32 heavy (non-hydrogen) atoms. The highest BCUT2D eigenvalue weighted by molar-refractivity contribution is 8.01. The highest BCUT2D eigenvalue weighted by Crippen LogP contribution is 2.41. The predicted molar refractivity (Wildman–Crippen MR) is 104 cm³/mol. The molecule has 0 unspecified atom stereocenters. The van der Waals surface area contributed by atoms with E-state index in [1.807, 2.05) is 0 Å². The third-order valence-corrected chi connectivity index (χ3v) is 6.97. The van der Waals surface area contributed by atoms with Crippen LogP contribution in [-0.4, -0.2) is 65.5 Å². The Hall–Kier alpha value is -2.98. The molecule has 2 amide bonds. The number of hydrogen-bond acceptors (Lipinski definition) is 9. The van der Waals surface area contributed by atoms with Crippen LogP contribution in [0.15, 0.2) is 28.7 Å². The zero-order valence-corrected chi connectivity index (χ0v) is 17.3. The van der Waals surface area contributed by atoms with Gasteiger partial charge in [-0.1, -0.05) is 0 Å². The first-order valence-electron chi connectivity index (χ1n) is 8.70. The van der Waals surface area contributed by atoms with Crippen LogP contribution in [0.2, 0.25) is 0 Å². The van der Waals surface area contributed by atoms with Crippen LogP contribution in [0.5, 0.6) is 0 Å². The summed E-state index contributed by atoms with van der Waals surface area (Å²) in [6.45, 7) is 0. The number of rotatable bonds is 5. The van der Waals surface area contributed by atoms with Gasteiger partial charge in [-0.2, -0.15) is 18.3 Å². The van der Waals surface area contributed by atoms with Gasteiger partial charge in [-0.05, 0) is 0 Å². The number of carbonyl (C=O) groups excluding carboxylic acids is 2. The molecule has 1 saturated heterocycles. The summed E-state index contributed by atoms with van der Waals surface area (Å²) in [5.74, 6) is -1.53. The predicted octanol–water partition coefficient (Wildman–Crippen LogP) is 1.09. The van der Waals surface area contributed by atoms with Crippen molar-refractivity contribution in [2.24, 2.45) is 11.5 Å². The third-order valence-electron chi connectivity index (χ3n) is 4.62. The summed E-state index contributed by atoms with van der Waals surface area (Å²) in [6.07, 6.45) is -5.56. The van der Waals surface area contributed by atoms with Gasteiger partial charge >= 0.3 is 12.3 Å². The first-order chi connectivity index (χ1) is 15.0. The molecule has 0 bridgehead atoms. The molecule has 2 aromatic rings. The molecule has 0 radical (unpaired) electrons. The van der Waals surface area contributed by atoms with Crippen molar-refractivity contribution in [1.29, 1.82) is 0 Å². The normalized spacial score (nSPS) is 20.9. The van der Waals surface area contributed by atoms with Crippen LogP contribution in [0.25, 0.3) is 5.65 Å². The topological polar surface area (TPSA) is 166 Å². The van der Waals surface area contributed by atoms with Gasteiger partial charge in [-0.15, -0.1) is 23.5 Å². The van der Waals surface area contributed by atoms with Crippen LogP contribution in [0, 0.1) is 0 Å². The molecular weight excluding hydrogens is 477 g/mol. The molecule has 2 aliphatic heterocycles. The number of primary amides is 1. The highest BCUT2D eigenvalue weighted by atomic mass is 32.2. The van der Waals surface area contributed by atoms with Crippen LogP contribution in [0.3, 0.4) is 0 Å². The van der Waals surface area contributed by atoms with Crippen molar-refractivity contribution in [3.63, 3.8) is 0 Å². The quantitative estimate of drug-likeness (QED) is 0.239. The maximum atomic E-state index is 13.5. The van der Waals surface area contributed by atoms with Gasteiger partial charge in [0.15, 0.2) is 11.3 Å². The third kappa shape index (κ3) is 3.73. The van der Waals surface area contributed by atoms with E-state index in [1.165, 1.54) is 11.8 Å². The first-order valence-corrected chi connectivity index (χ1v) is 10.7. The van der Waals surface area contributed by atoms with Crippen molar-refractivity contribution < 1.29 is 37.4 Å². The second-order valence-electron chi connectivity index (χ2n) is 6.64. The van der Waals surface area contributed by atoms with Crippen LogP contribution < -0.4 is 11.5 Å². The SMILES string of the molecule is NC(=O)c1cnn2c(C(F)(F)F)cc(SCC3=C(OC(=O)O)N4C(=O)[C@@H](N)[C@H]4SC3)nc12. The summed E-state index contributed by atoms with van der Waals surface area (Å²) >= 11 is 2.12. The Balaban J connectivity index is 1.69. The summed E-state index contributed by atoms with van der Waals surface area (Å²) in [5, 5.41) is 12.0. The number of amides is 2. The zero-order chi connectivity index (χ0) is 23.4. The Labute approximate surface area is 184 Å². The van der Waals surface area contributed by atoms with Gasteiger partial charge in [0, 0.05) is 23.1 Å². The molecule has 5 N–H and O–H groups in total. The van der Waals surface area contributed by atoms with Crippen molar-refractivity contribution >= 4 is 47.1 Å². The van der Waals surface area contributed by atoms with Gasteiger partial charge < -0.3 is 21.3 Å². The number of aromatic nitrogens is 3. The van der Waals surface area contributed by atoms with Gasteiger partial charge in [0.25, 0.3) is 5.91 Å². The van der Waals surface area contributed by atoms with Crippen molar-refractivity contribution in [1.82, 2.24) is 19.5 Å². The Bertz CT molecular complexity index is 1180. The van der Waals surface area contributed by atoms with E-state index < -0.39 is 41.3 Å². The van der Waals surface area contributed by atoms with Gasteiger partial charge in [0.2, 0.25) is 11.8 Å². The second kappa shape index (κ2) is 7.86. The summed E-state index contributed by atoms with van der Waals surface area (Å²) in [7, 11) is 0. The smallest absolute Gasteiger partial charge is 0.449 e. The second-order valence-corrected chi connectivity index (χ2v) is 8.74. The van der Waals surface area contributed by atoms with Gasteiger partial charge in [-0.3, -0.25) is 14.5 Å². The number of carbonyl (C=O) groups is 3. The number of ether oxygens (including phenoxy) is 1. The molecular formula is C16H13F3N6O5S2. The van der Waals surface area contributed by atoms with E-state index in [0.717, 1.165) is 28.9 Å². The van der Waals surface area contributed by atoms with E-state index in [4.69, 9.17) is 21.3 Å². The lowest BCUT2D eigenvalue weighted by atomic mass is 10.1. The van der Waals surface area contributed by atoms with Crippen LogP contribution >= 0.6 is 23.5 Å². The Morgan fingerprint density at radius 1 is 1.41 bits per heavy atom. The van der Waals surface area contributed by atoms with E-state index in [9.17, 15) is 27.6 Å². The molecule has 4 rings (SSSR count). The average Bonchev–Trinajstić information content (AvgIpc) is 3.14. The molecule has 0 aliphatic carbocycles. The molecule has 1 fully saturated rings. The molecule has 11 nitrogen and oxygen atoms in total. The average molecular weight is 490 g/mol. The Morgan fingerprint density at radius 3 is 2.75 bits per heavy atom. The minimum atomic E-state index is -4.80. The zero-order valence-electron chi connectivity index (χ0n) is 15.7. The molecule has 0 saturated carbocycles. The van der Waals surface area contributed by atoms with E-state index in [1.54, 1.807) is 0 Å². The van der Waals surface area contributed by atoms with E-state index in [2.05, 4.69) is 10.1 Å². The standard InChI is InChI=1S/C16H13F3N6O5S2/c17-16(18,19)7-1-8(23-11-6(10(21)26)2-22-25(7)11)31-3-5-4-32-14-9(20)12(27)24(14)13(5)30-15(28)29/h1-2,9,14H,3-4,20H2,(H2,21,26)(H,28,29)/t9-,14-/m1/s1. The molecule has 170 valence electrons. The molecule has 2 aromatic heterocycles. The van der Waals surface area contributed by atoms with Crippen LogP contribution in [0.1, 0.15) is 16.1 Å². The molecule has 2 aliphatic rings. The molecule has 4 heterocycles. The lowest BCUT2D eigenvalue weighted by molar-refractivity contribution is -0.144. The fourth-order valence-electron chi connectivity index (χ4n) is 3.16. The number of halogens is 3. The van der Waals surface area contributed by atoms with E-state index >= 15 is 0 Å². The number of nitrogens with zero attached hydrogens (tertiary/aromatic N) is 4. The van der Waals surface area contributed by atoms with Crippen molar-refractivity contribution in [3.05, 3.63) is 35.0 Å². The Kier molecular flexibility index (Phi) is 5.46. The molecule has 16 heteroatoms. The van der Waals surface area contributed by atoms with Gasteiger partial charge in [-0.25, -0.2) is 14.3 Å². The fourth-order valence-corrected chi connectivity index (χ4v) is 5.45. The summed E-state index contributed by atoms with van der Waals surface area (Å²) in [6, 6.07) is -0.0499. The number of hydrogen-bond donors (Lipinski definition) is 3. The van der Waals surface area contributed by atoms with Crippen molar-refractivity contribution in [2.75, 3.05) is 11.5 Å². The molecule has 2 atom stereocenters. The number of β-lactam (4-membered cyclic amide) rings is 1. The first kappa shape index (κ1) is 22.2. The minimum absolute atomic E-state index is 0.0398. The lowest BCUT2D eigenvalue weighted by Crippen LogP contribution is -2.68. The minimum Gasteiger partial charge on any atom is -0.449 e. The number of alkyl halides is 3. The maximum absolute atomic E-state index is 13.5. The summed E-state index contributed by atoms with van der Waals surface area (Å²) in [5.41, 5.74) is 9.44.